The van der Waals surface area contributed by atoms with Crippen molar-refractivity contribution in [3.63, 3.8) is 0 Å². The number of carbonyl (C=O) groups is 10. The number of hydrogen-bond donors (Lipinski definition) is 13. The number of aliphatic imine (C=N–C) groups is 1. The minimum atomic E-state index is -4.95. The van der Waals surface area contributed by atoms with Gasteiger partial charge >= 0.3 is 11.9 Å². The number of carboxylic acids is 2. The molecule has 8 atom stereocenters. The van der Waals surface area contributed by atoms with Crippen LogP contribution in [0.5, 0.6) is 0 Å². The van der Waals surface area contributed by atoms with Gasteiger partial charge in [0.25, 0.3) is 10.1 Å². The third kappa shape index (κ3) is 19.7. The number of rotatable bonds is 28. The first kappa shape index (κ1) is 57.0. The third-order valence-electron chi connectivity index (χ3n) is 10.9. The van der Waals surface area contributed by atoms with Crippen molar-refractivity contribution in [1.29, 1.82) is 0 Å². The largest absolute Gasteiger partial charge is 0.481 e. The number of nitrogens with two attached hydrogens (primary N) is 3. The van der Waals surface area contributed by atoms with Crippen LogP contribution in [0.15, 0.2) is 4.99 Å². The molecule has 0 radical (unpaired) electrons. The number of amides is 8. The highest BCUT2D eigenvalue weighted by molar-refractivity contribution is 7.85. The Morgan fingerprint density at radius 1 is 0.687 bits per heavy atom. The quantitative estimate of drug-likeness (QED) is 0.0151. The van der Waals surface area contributed by atoms with Gasteiger partial charge in [0.05, 0.1) is 6.04 Å². The number of guanidine groups is 1. The van der Waals surface area contributed by atoms with E-state index in [4.69, 9.17) is 17.2 Å². The molecule has 2 heterocycles. The van der Waals surface area contributed by atoms with Crippen molar-refractivity contribution in [3.8, 4) is 0 Å². The minimum Gasteiger partial charge on any atom is -0.481 e. The molecule has 27 nitrogen and oxygen atoms in total. The van der Waals surface area contributed by atoms with Gasteiger partial charge in [-0.1, -0.05) is 27.7 Å². The Bertz CT molecular complexity index is 1960. The Balaban J connectivity index is 2.30. The van der Waals surface area contributed by atoms with Crippen LogP contribution in [0.1, 0.15) is 91.9 Å². The van der Waals surface area contributed by atoms with Crippen molar-refractivity contribution in [3.05, 3.63) is 0 Å². The summed E-state index contributed by atoms with van der Waals surface area (Å²) in [7, 11) is -4.95. The number of likely N-dealkylation sites (tertiary alicyclic amines) is 1. The van der Waals surface area contributed by atoms with E-state index in [0.29, 0.717) is 19.4 Å². The molecule has 378 valence electrons. The van der Waals surface area contributed by atoms with Crippen LogP contribution >= 0.6 is 0 Å². The normalized spacial score (nSPS) is 18.6. The fraction of sp³-hybridized carbons (Fsp3) is 0.718. The summed E-state index contributed by atoms with van der Waals surface area (Å²) in [6.45, 7) is 6.78. The van der Waals surface area contributed by atoms with Crippen LogP contribution in [0.2, 0.25) is 0 Å². The summed E-state index contributed by atoms with van der Waals surface area (Å²) in [5.41, 5.74) is 15.8. The molecular formula is C39H66N12O15S. The van der Waals surface area contributed by atoms with Crippen molar-refractivity contribution in [2.24, 2.45) is 34.0 Å². The molecule has 0 bridgehead atoms. The molecule has 0 aromatic rings. The summed E-state index contributed by atoms with van der Waals surface area (Å²) in [4.78, 5) is 135. The van der Waals surface area contributed by atoms with E-state index in [1.807, 2.05) is 0 Å². The predicted octanol–water partition coefficient (Wildman–Crippen LogP) is -4.89. The van der Waals surface area contributed by atoms with Crippen LogP contribution in [-0.4, -0.2) is 167 Å². The first-order chi connectivity index (χ1) is 31.2. The monoisotopic (exact) mass is 974 g/mol. The number of nitrogens with one attached hydrogen (secondary N) is 7. The van der Waals surface area contributed by atoms with Gasteiger partial charge in [-0.2, -0.15) is 8.42 Å². The summed E-state index contributed by atoms with van der Waals surface area (Å²) in [5, 5.41) is 36.3. The smallest absolute Gasteiger partial charge is 0.326 e. The molecule has 0 saturated carbocycles. The van der Waals surface area contributed by atoms with Crippen molar-refractivity contribution >= 4 is 75.3 Å². The lowest BCUT2D eigenvalue weighted by molar-refractivity contribution is -0.143. The van der Waals surface area contributed by atoms with Gasteiger partial charge < -0.3 is 69.5 Å². The van der Waals surface area contributed by atoms with Gasteiger partial charge in [0, 0.05) is 25.9 Å². The second kappa shape index (κ2) is 26.9. The molecule has 28 heteroatoms. The van der Waals surface area contributed by atoms with Gasteiger partial charge in [-0.15, -0.1) is 0 Å². The molecule has 0 aromatic carbocycles. The average molecular weight is 975 g/mol. The maximum absolute atomic E-state index is 13.8. The average Bonchev–Trinajstić information content (AvgIpc) is 3.95. The third-order valence-corrected chi connectivity index (χ3v) is 11.6. The maximum Gasteiger partial charge on any atom is 0.326 e. The van der Waals surface area contributed by atoms with Crippen molar-refractivity contribution in [1.82, 2.24) is 42.1 Å². The van der Waals surface area contributed by atoms with E-state index < -0.39 is 155 Å². The van der Waals surface area contributed by atoms with E-state index in [2.05, 4.69) is 42.2 Å². The van der Waals surface area contributed by atoms with Gasteiger partial charge in [-0.3, -0.25) is 52.7 Å². The highest BCUT2D eigenvalue weighted by Crippen LogP contribution is 2.21. The van der Waals surface area contributed by atoms with Crippen LogP contribution in [0.3, 0.4) is 0 Å². The van der Waals surface area contributed by atoms with Gasteiger partial charge in [0.2, 0.25) is 47.3 Å². The van der Waals surface area contributed by atoms with E-state index >= 15 is 0 Å². The van der Waals surface area contributed by atoms with Gasteiger partial charge in [0.15, 0.2) is 5.96 Å². The fourth-order valence-corrected chi connectivity index (χ4v) is 7.94. The summed E-state index contributed by atoms with van der Waals surface area (Å²) in [6, 6.07) is -11.4. The predicted molar refractivity (Wildman–Crippen MR) is 236 cm³/mol. The number of aliphatic carboxylic acids is 2. The second-order valence-electron chi connectivity index (χ2n) is 17.0. The first-order valence-corrected chi connectivity index (χ1v) is 23.4. The molecule has 16 N–H and O–H groups in total. The van der Waals surface area contributed by atoms with Crippen LogP contribution in [-0.2, 0) is 58.1 Å². The van der Waals surface area contributed by atoms with Crippen LogP contribution in [0.25, 0.3) is 0 Å². The van der Waals surface area contributed by atoms with E-state index in [1.165, 1.54) is 32.6 Å². The Kier molecular flexibility index (Phi) is 22.8. The Morgan fingerprint density at radius 2 is 1.21 bits per heavy atom. The maximum atomic E-state index is 13.8. The standard InChI is InChI=1S/C39H66N12O15S/c1-19(2)29(35(59)45-21(11-13-27(40)52)31(55)47-24(38(62)63)9-6-16-44-39(41)42)49-32(56)22(12-14-28(53)54)46-36(60)30(20(3)4)50-33(57)25(18-67(64,65)66)48-34(58)26-10-7-17-51(26)37(61)23-8-5-15-43-23/h19-26,29-30,43H,5-18H2,1-4H3,(H2,40,52)(H,45,59)(H,46,60)(H,47,55)(H,48,58)(H,49,56)(H,50,57)(H,53,54)(H,62,63)(H4,41,42,44)(H,64,65,66)/t21-,22-,23-,24-,25-,26-,29-,30-/m0/s1. The number of primary amides is 1. The van der Waals surface area contributed by atoms with Crippen LogP contribution in [0, 0.1) is 11.8 Å². The summed E-state index contributed by atoms with van der Waals surface area (Å²) in [5.74, 6) is -13.5. The molecule has 2 fully saturated rings. The molecule has 67 heavy (non-hydrogen) atoms. The lowest BCUT2D eigenvalue weighted by atomic mass is 9.99. The van der Waals surface area contributed by atoms with Crippen molar-refractivity contribution < 1.29 is 71.1 Å². The lowest BCUT2D eigenvalue weighted by Crippen LogP contribution is -2.62. The Morgan fingerprint density at radius 3 is 1.67 bits per heavy atom. The van der Waals surface area contributed by atoms with Gasteiger partial charge in [-0.05, 0) is 69.7 Å². The highest BCUT2D eigenvalue weighted by Gasteiger charge is 2.41. The number of carbonyl (C=O) groups excluding carboxylic acids is 8. The number of nitrogens with zero attached hydrogens (tertiary/aromatic N) is 2. The molecule has 2 aliphatic rings. The van der Waals surface area contributed by atoms with Crippen molar-refractivity contribution in [2.45, 2.75) is 140 Å². The fourth-order valence-electron chi connectivity index (χ4n) is 7.29. The Labute approximate surface area is 387 Å². The van der Waals surface area contributed by atoms with Crippen molar-refractivity contribution in [2.75, 3.05) is 25.4 Å². The zero-order valence-corrected chi connectivity index (χ0v) is 38.8. The molecule has 0 aliphatic carbocycles. The van der Waals surface area contributed by atoms with E-state index in [1.54, 1.807) is 0 Å². The number of hydrogen-bond acceptors (Lipinski definition) is 14. The van der Waals surface area contributed by atoms with Gasteiger partial charge in [0.1, 0.15) is 48.0 Å². The zero-order chi connectivity index (χ0) is 50.8. The van der Waals surface area contributed by atoms with E-state index in [0.717, 1.165) is 6.42 Å². The molecule has 0 spiro atoms. The topological polar surface area (TPSA) is 443 Å². The van der Waals surface area contributed by atoms with Crippen LogP contribution < -0.4 is 54.4 Å². The first-order valence-electron chi connectivity index (χ1n) is 21.8. The molecule has 8 amide bonds. The molecule has 0 unspecified atom stereocenters. The highest BCUT2D eigenvalue weighted by atomic mass is 32.2. The molecule has 2 rings (SSSR count). The number of carboxylic acid groups (broad SMARTS) is 2. The SMILES string of the molecule is CC(C)[C@H](NC(=O)[C@H](CCC(=O)O)NC(=O)[C@@H](NC(=O)[C@H](CS(=O)(=O)O)NC(=O)[C@@H]1CCCN1C(=O)[C@@H]1CCCN1)C(C)C)C(=O)N[C@@H](CCC(N)=O)C(=O)N[C@@H](CCCN=C(N)N)C(=O)O. The summed E-state index contributed by atoms with van der Waals surface area (Å²) in [6.07, 6.45) is -0.146. The molecule has 2 aliphatic heterocycles. The Hall–Kier alpha value is -6.16. The summed E-state index contributed by atoms with van der Waals surface area (Å²) < 4.78 is 33.8. The summed E-state index contributed by atoms with van der Waals surface area (Å²) >= 11 is 0. The second-order valence-corrected chi connectivity index (χ2v) is 18.5. The molecule has 2 saturated heterocycles. The van der Waals surface area contributed by atoms with Gasteiger partial charge in [-0.25, -0.2) is 4.79 Å². The minimum absolute atomic E-state index is 0.0421. The lowest BCUT2D eigenvalue weighted by Gasteiger charge is -2.30. The van der Waals surface area contributed by atoms with E-state index in [-0.39, 0.29) is 44.2 Å². The molecular weight excluding hydrogens is 909 g/mol. The molecule has 0 aromatic heterocycles. The zero-order valence-electron chi connectivity index (χ0n) is 37.9. The van der Waals surface area contributed by atoms with E-state index in [9.17, 15) is 71.1 Å². The van der Waals surface area contributed by atoms with Crippen LogP contribution in [0.4, 0.5) is 0 Å².